The summed E-state index contributed by atoms with van der Waals surface area (Å²) in [4.78, 5) is 34.6. The van der Waals surface area contributed by atoms with Gasteiger partial charge in [0.1, 0.15) is 12.1 Å². The zero-order chi connectivity index (χ0) is 16.7. The Bertz CT molecular complexity index is 795. The van der Waals surface area contributed by atoms with Crippen molar-refractivity contribution < 1.29 is 14.3 Å². The van der Waals surface area contributed by atoms with Crippen molar-refractivity contribution in [2.24, 2.45) is 7.05 Å². The molecule has 2 aliphatic rings. The van der Waals surface area contributed by atoms with Crippen LogP contribution in [0.15, 0.2) is 18.6 Å². The molecule has 2 saturated heterocycles. The molecule has 8 heteroatoms. The lowest BCUT2D eigenvalue weighted by atomic mass is 9.89. The van der Waals surface area contributed by atoms with Crippen LogP contribution in [0.4, 0.5) is 0 Å². The Morgan fingerprint density at radius 2 is 2.12 bits per heavy atom. The fraction of sp³-hybridized carbons (Fsp3) is 0.500. The van der Waals surface area contributed by atoms with Crippen molar-refractivity contribution in [3.05, 3.63) is 24.2 Å². The van der Waals surface area contributed by atoms with Gasteiger partial charge in [-0.15, -0.1) is 0 Å². The third kappa shape index (κ3) is 2.43. The van der Waals surface area contributed by atoms with Crippen LogP contribution in [0.3, 0.4) is 0 Å². The molecule has 2 aromatic rings. The Morgan fingerprint density at radius 1 is 1.33 bits per heavy atom. The van der Waals surface area contributed by atoms with Gasteiger partial charge < -0.3 is 19.5 Å². The van der Waals surface area contributed by atoms with Gasteiger partial charge in [-0.3, -0.25) is 9.59 Å². The van der Waals surface area contributed by atoms with Crippen molar-refractivity contribution in [3.63, 3.8) is 0 Å². The molecule has 0 radical (unpaired) electrons. The van der Waals surface area contributed by atoms with Crippen LogP contribution < -0.4 is 5.32 Å². The number of morpholine rings is 1. The molecule has 1 spiro atoms. The van der Waals surface area contributed by atoms with E-state index in [9.17, 15) is 9.59 Å². The summed E-state index contributed by atoms with van der Waals surface area (Å²) in [7, 11) is 1.86. The fourth-order valence-corrected chi connectivity index (χ4v) is 3.39. The van der Waals surface area contributed by atoms with Gasteiger partial charge in [-0.05, 0) is 18.9 Å². The van der Waals surface area contributed by atoms with Gasteiger partial charge in [0, 0.05) is 32.9 Å². The lowest BCUT2D eigenvalue weighted by molar-refractivity contribution is -0.149. The number of likely N-dealkylation sites (tertiary alicyclic amines) is 1. The molecule has 2 fully saturated rings. The maximum Gasteiger partial charge on any atom is 0.256 e. The molecule has 0 bridgehead atoms. The first kappa shape index (κ1) is 15.1. The lowest BCUT2D eigenvalue weighted by Crippen LogP contribution is -2.58. The van der Waals surface area contributed by atoms with Gasteiger partial charge in [0.15, 0.2) is 5.65 Å². The molecule has 8 nitrogen and oxygen atoms in total. The number of aromatic nitrogens is 3. The Kier molecular flexibility index (Phi) is 3.49. The Labute approximate surface area is 138 Å². The van der Waals surface area contributed by atoms with Crippen LogP contribution in [0, 0.1) is 0 Å². The van der Waals surface area contributed by atoms with Gasteiger partial charge in [-0.1, -0.05) is 0 Å². The van der Waals surface area contributed by atoms with Crippen molar-refractivity contribution in [1.29, 1.82) is 0 Å². The highest BCUT2D eigenvalue weighted by molar-refractivity contribution is 6.04. The predicted molar refractivity (Wildman–Crippen MR) is 85.3 cm³/mol. The molecule has 1 N–H and O–H groups in total. The Hall–Kier alpha value is -2.48. The average Bonchev–Trinajstić information content (AvgIpc) is 2.99. The summed E-state index contributed by atoms with van der Waals surface area (Å²) >= 11 is 0. The lowest BCUT2D eigenvalue weighted by Gasteiger charge is -2.43. The van der Waals surface area contributed by atoms with E-state index < -0.39 is 0 Å². The quantitative estimate of drug-likeness (QED) is 0.801. The van der Waals surface area contributed by atoms with Crippen LogP contribution in [0.2, 0.25) is 0 Å². The standard InChI is InChI=1S/C16H19N5O3/c1-20-10-19-13-11(2-5-17-14(13)20)15(23)21-6-3-16(4-7-21)9-18-12(22)8-24-16/h2,5,10H,3-4,6-9H2,1H3,(H,18,22). The number of rotatable bonds is 1. The minimum absolute atomic E-state index is 0.0317. The van der Waals surface area contributed by atoms with E-state index in [1.807, 2.05) is 11.9 Å². The number of pyridine rings is 1. The summed E-state index contributed by atoms with van der Waals surface area (Å²) in [6.45, 7) is 1.83. The van der Waals surface area contributed by atoms with Crippen molar-refractivity contribution in [2.75, 3.05) is 26.2 Å². The SMILES string of the molecule is Cn1cnc2c(C(=O)N3CCC4(CC3)CNC(=O)CO4)ccnc21. The molecule has 2 aliphatic heterocycles. The number of fused-ring (bicyclic) bond motifs is 1. The number of piperidine rings is 1. The topological polar surface area (TPSA) is 89.4 Å². The van der Waals surface area contributed by atoms with Gasteiger partial charge in [-0.2, -0.15) is 0 Å². The zero-order valence-corrected chi connectivity index (χ0v) is 13.5. The van der Waals surface area contributed by atoms with Gasteiger partial charge >= 0.3 is 0 Å². The number of carbonyl (C=O) groups excluding carboxylic acids is 2. The van der Waals surface area contributed by atoms with Crippen LogP contribution in [-0.4, -0.2) is 63.1 Å². The number of nitrogens with one attached hydrogen (secondary N) is 1. The molecule has 0 aromatic carbocycles. The monoisotopic (exact) mass is 329 g/mol. The molecule has 126 valence electrons. The molecule has 0 aliphatic carbocycles. The maximum absolute atomic E-state index is 12.9. The number of amides is 2. The second-order valence-electron chi connectivity index (χ2n) is 6.43. The molecule has 2 aromatic heterocycles. The molecule has 24 heavy (non-hydrogen) atoms. The summed E-state index contributed by atoms with van der Waals surface area (Å²) in [6, 6.07) is 1.72. The second-order valence-corrected chi connectivity index (χ2v) is 6.43. The predicted octanol–water partition coefficient (Wildman–Crippen LogP) is 0.0895. The van der Waals surface area contributed by atoms with E-state index in [-0.39, 0.29) is 24.0 Å². The highest BCUT2D eigenvalue weighted by Crippen LogP contribution is 2.29. The van der Waals surface area contributed by atoms with E-state index >= 15 is 0 Å². The summed E-state index contributed by atoms with van der Waals surface area (Å²) in [5.41, 5.74) is 1.58. The number of nitrogens with zero attached hydrogens (tertiary/aromatic N) is 4. The van der Waals surface area contributed by atoms with E-state index in [1.165, 1.54) is 0 Å². The summed E-state index contributed by atoms with van der Waals surface area (Å²) in [5.74, 6) is -0.107. The largest absolute Gasteiger partial charge is 0.363 e. The molecule has 0 unspecified atom stereocenters. The molecule has 0 atom stereocenters. The first-order valence-corrected chi connectivity index (χ1v) is 8.04. The van der Waals surface area contributed by atoms with Crippen molar-refractivity contribution in [3.8, 4) is 0 Å². The zero-order valence-electron chi connectivity index (χ0n) is 13.5. The smallest absolute Gasteiger partial charge is 0.256 e. The first-order valence-electron chi connectivity index (χ1n) is 8.04. The first-order chi connectivity index (χ1) is 11.6. The van der Waals surface area contributed by atoms with Crippen LogP contribution in [0.1, 0.15) is 23.2 Å². The molecule has 4 rings (SSSR count). The van der Waals surface area contributed by atoms with Crippen LogP contribution in [0.5, 0.6) is 0 Å². The molecule has 4 heterocycles. The highest BCUT2D eigenvalue weighted by atomic mass is 16.5. The van der Waals surface area contributed by atoms with Gasteiger partial charge in [0.2, 0.25) is 5.91 Å². The third-order valence-electron chi connectivity index (χ3n) is 4.91. The number of ether oxygens (including phenoxy) is 1. The second kappa shape index (κ2) is 5.55. The van der Waals surface area contributed by atoms with E-state index in [4.69, 9.17) is 4.74 Å². The number of hydrogen-bond acceptors (Lipinski definition) is 5. The average molecular weight is 329 g/mol. The van der Waals surface area contributed by atoms with Gasteiger partial charge in [0.25, 0.3) is 5.91 Å². The summed E-state index contributed by atoms with van der Waals surface area (Å²) in [6.07, 6.45) is 4.74. The highest BCUT2D eigenvalue weighted by Gasteiger charge is 2.40. The summed E-state index contributed by atoms with van der Waals surface area (Å²) in [5, 5.41) is 2.86. The number of imidazole rings is 1. The van der Waals surface area contributed by atoms with Crippen molar-refractivity contribution in [2.45, 2.75) is 18.4 Å². The van der Waals surface area contributed by atoms with Crippen LogP contribution in [-0.2, 0) is 16.6 Å². The van der Waals surface area contributed by atoms with Gasteiger partial charge in [0.05, 0.1) is 17.5 Å². The molecule has 2 amide bonds. The normalized spacial score (nSPS) is 20.4. The molecular formula is C16H19N5O3. The minimum atomic E-state index is -0.330. The summed E-state index contributed by atoms with van der Waals surface area (Å²) < 4.78 is 7.55. The molecular weight excluding hydrogens is 310 g/mol. The van der Waals surface area contributed by atoms with E-state index in [2.05, 4.69) is 15.3 Å². The Balaban J connectivity index is 1.51. The van der Waals surface area contributed by atoms with Crippen LogP contribution in [0.25, 0.3) is 11.2 Å². The molecule has 0 saturated carbocycles. The number of aryl methyl sites for hydroxylation is 1. The Morgan fingerprint density at radius 3 is 2.83 bits per heavy atom. The van der Waals surface area contributed by atoms with Crippen LogP contribution >= 0.6 is 0 Å². The van der Waals surface area contributed by atoms with E-state index in [0.717, 1.165) is 12.8 Å². The minimum Gasteiger partial charge on any atom is -0.363 e. The van der Waals surface area contributed by atoms with E-state index in [1.54, 1.807) is 23.2 Å². The van der Waals surface area contributed by atoms with Crippen molar-refractivity contribution >= 4 is 23.0 Å². The number of hydrogen-bond donors (Lipinski definition) is 1. The van der Waals surface area contributed by atoms with Crippen molar-refractivity contribution in [1.82, 2.24) is 24.8 Å². The number of carbonyl (C=O) groups is 2. The maximum atomic E-state index is 12.9. The third-order valence-corrected chi connectivity index (χ3v) is 4.91. The van der Waals surface area contributed by atoms with E-state index in [0.29, 0.717) is 36.4 Å². The van der Waals surface area contributed by atoms with Gasteiger partial charge in [-0.25, -0.2) is 9.97 Å². The fourth-order valence-electron chi connectivity index (χ4n) is 3.39.